The highest BCUT2D eigenvalue weighted by atomic mass is 16.5. The fourth-order valence-corrected chi connectivity index (χ4v) is 4.66. The number of fused-ring (bicyclic) bond motifs is 3. The van der Waals surface area contributed by atoms with E-state index in [0.29, 0.717) is 12.8 Å². The van der Waals surface area contributed by atoms with Gasteiger partial charge in [-0.05, 0) is 35.1 Å². The third kappa shape index (κ3) is 3.10. The molecular formula is C23H25NO4. The quantitative estimate of drug-likeness (QED) is 0.624. The molecule has 5 heteroatoms. The van der Waals surface area contributed by atoms with Crippen LogP contribution in [0.25, 0.3) is 11.1 Å². The second kappa shape index (κ2) is 7.40. The maximum Gasteiger partial charge on any atom is 0.324 e. The fraction of sp³-hybridized carbons (Fsp3) is 0.391. The van der Waals surface area contributed by atoms with E-state index in [2.05, 4.69) is 24.3 Å². The van der Waals surface area contributed by atoms with Crippen molar-refractivity contribution in [2.75, 3.05) is 6.61 Å². The Morgan fingerprint density at radius 3 is 2.21 bits per heavy atom. The monoisotopic (exact) mass is 379 g/mol. The summed E-state index contributed by atoms with van der Waals surface area (Å²) < 4.78 is 5.70. The summed E-state index contributed by atoms with van der Waals surface area (Å²) in [6, 6.07) is 16.3. The largest absolute Gasteiger partial charge is 0.480 e. The smallest absolute Gasteiger partial charge is 0.324 e. The number of hydrogen-bond donors (Lipinski definition) is 2. The van der Waals surface area contributed by atoms with Crippen LogP contribution in [0.5, 0.6) is 0 Å². The lowest BCUT2D eigenvalue weighted by molar-refractivity contribution is -0.160. The molecule has 0 spiro atoms. The molecular weight excluding hydrogens is 354 g/mol. The molecule has 5 nitrogen and oxygen atoms in total. The molecule has 0 amide bonds. The van der Waals surface area contributed by atoms with Gasteiger partial charge in [-0.2, -0.15) is 0 Å². The average Bonchev–Trinajstić information content (AvgIpc) is 2.87. The summed E-state index contributed by atoms with van der Waals surface area (Å²) in [5.41, 5.74) is 9.23. The highest BCUT2D eigenvalue weighted by Gasteiger charge is 2.47. The van der Waals surface area contributed by atoms with E-state index in [0.717, 1.165) is 41.5 Å². The Bertz CT molecular complexity index is 863. The summed E-state index contributed by atoms with van der Waals surface area (Å²) in [5, 5.41) is 9.65. The summed E-state index contributed by atoms with van der Waals surface area (Å²) >= 11 is 0. The molecule has 4 rings (SSSR count). The Morgan fingerprint density at radius 1 is 1.00 bits per heavy atom. The van der Waals surface area contributed by atoms with E-state index in [1.54, 1.807) is 0 Å². The molecule has 0 bridgehead atoms. The zero-order valence-electron chi connectivity index (χ0n) is 15.8. The second-order valence-corrected chi connectivity index (χ2v) is 7.85. The van der Waals surface area contributed by atoms with Crippen molar-refractivity contribution in [3.8, 4) is 11.1 Å². The lowest BCUT2D eigenvalue weighted by Crippen LogP contribution is -2.56. The van der Waals surface area contributed by atoms with Gasteiger partial charge in [-0.15, -0.1) is 0 Å². The molecule has 0 heterocycles. The molecule has 28 heavy (non-hydrogen) atoms. The number of esters is 1. The highest BCUT2D eigenvalue weighted by molar-refractivity contribution is 5.87. The van der Waals surface area contributed by atoms with Crippen molar-refractivity contribution >= 4 is 11.9 Å². The Hall–Kier alpha value is -2.66. The average molecular weight is 379 g/mol. The molecule has 1 fully saturated rings. The number of rotatable bonds is 4. The fourth-order valence-electron chi connectivity index (χ4n) is 4.66. The number of aliphatic carboxylic acids is 1. The predicted octanol–water partition coefficient (Wildman–Crippen LogP) is 3.70. The van der Waals surface area contributed by atoms with E-state index in [9.17, 15) is 14.7 Å². The van der Waals surface area contributed by atoms with Crippen LogP contribution in [0.2, 0.25) is 0 Å². The molecule has 0 saturated heterocycles. The zero-order chi connectivity index (χ0) is 19.7. The summed E-state index contributed by atoms with van der Waals surface area (Å²) in [7, 11) is 0. The Morgan fingerprint density at radius 2 is 1.61 bits per heavy atom. The standard InChI is InChI=1S/C23H25NO4/c24-23(22(26)27)13-7-1-2-12-20(23)21(25)28-14-19-17-10-5-3-8-15(17)16-9-4-6-11-18(16)19/h3-6,8-11,19-20H,1-2,7,12-14,24H2,(H,26,27). The normalized spacial score (nSPS) is 24.1. The molecule has 3 N–H and O–H groups in total. The number of hydrogen-bond acceptors (Lipinski definition) is 4. The van der Waals surface area contributed by atoms with Crippen molar-refractivity contribution in [3.63, 3.8) is 0 Å². The van der Waals surface area contributed by atoms with Gasteiger partial charge in [0.05, 0.1) is 5.92 Å². The molecule has 1 saturated carbocycles. The van der Waals surface area contributed by atoms with Crippen LogP contribution in [0, 0.1) is 5.92 Å². The van der Waals surface area contributed by atoms with Gasteiger partial charge in [0.25, 0.3) is 0 Å². The number of carboxylic acids is 1. The number of carboxylic acid groups (broad SMARTS) is 1. The molecule has 0 aromatic heterocycles. The van der Waals surface area contributed by atoms with Crippen LogP contribution in [-0.4, -0.2) is 29.2 Å². The molecule has 2 aliphatic carbocycles. The van der Waals surface area contributed by atoms with Gasteiger partial charge in [0.1, 0.15) is 12.1 Å². The first kappa shape index (κ1) is 18.7. The van der Waals surface area contributed by atoms with Crippen LogP contribution in [0.3, 0.4) is 0 Å². The minimum absolute atomic E-state index is 0.0425. The molecule has 2 aromatic carbocycles. The van der Waals surface area contributed by atoms with Gasteiger partial charge >= 0.3 is 11.9 Å². The number of benzene rings is 2. The van der Waals surface area contributed by atoms with E-state index in [1.807, 2.05) is 24.3 Å². The van der Waals surface area contributed by atoms with Crippen molar-refractivity contribution in [2.24, 2.45) is 11.7 Å². The lowest BCUT2D eigenvalue weighted by Gasteiger charge is -2.30. The summed E-state index contributed by atoms with van der Waals surface area (Å²) in [4.78, 5) is 24.7. The van der Waals surface area contributed by atoms with Crippen molar-refractivity contribution < 1.29 is 19.4 Å². The van der Waals surface area contributed by atoms with Crippen LogP contribution in [0.15, 0.2) is 48.5 Å². The summed E-state index contributed by atoms with van der Waals surface area (Å²) in [6.07, 6.45) is 3.16. The van der Waals surface area contributed by atoms with Crippen molar-refractivity contribution in [3.05, 3.63) is 59.7 Å². The van der Waals surface area contributed by atoms with Crippen LogP contribution < -0.4 is 5.73 Å². The minimum atomic E-state index is -1.54. The third-order valence-electron chi connectivity index (χ3n) is 6.24. The van der Waals surface area contributed by atoms with Crippen molar-refractivity contribution in [1.29, 1.82) is 0 Å². The van der Waals surface area contributed by atoms with Crippen LogP contribution in [0.1, 0.15) is 49.1 Å². The van der Waals surface area contributed by atoms with E-state index >= 15 is 0 Å². The maximum absolute atomic E-state index is 12.9. The van der Waals surface area contributed by atoms with E-state index < -0.39 is 23.4 Å². The molecule has 2 atom stereocenters. The predicted molar refractivity (Wildman–Crippen MR) is 106 cm³/mol. The molecule has 0 aliphatic heterocycles. The number of carbonyl (C=O) groups is 2. The first-order chi connectivity index (χ1) is 13.5. The zero-order valence-corrected chi connectivity index (χ0v) is 15.8. The third-order valence-corrected chi connectivity index (χ3v) is 6.24. The number of carbonyl (C=O) groups excluding carboxylic acids is 1. The van der Waals surface area contributed by atoms with Gasteiger partial charge in [0.15, 0.2) is 0 Å². The lowest BCUT2D eigenvalue weighted by atomic mass is 9.80. The first-order valence-electron chi connectivity index (χ1n) is 9.89. The van der Waals surface area contributed by atoms with Gasteiger partial charge in [-0.25, -0.2) is 0 Å². The van der Waals surface area contributed by atoms with Crippen molar-refractivity contribution in [2.45, 2.75) is 43.6 Å². The minimum Gasteiger partial charge on any atom is -0.480 e. The molecule has 0 radical (unpaired) electrons. The van der Waals surface area contributed by atoms with Crippen LogP contribution >= 0.6 is 0 Å². The maximum atomic E-state index is 12.9. The number of nitrogens with two attached hydrogens (primary N) is 1. The van der Waals surface area contributed by atoms with E-state index in [4.69, 9.17) is 10.5 Å². The molecule has 2 unspecified atom stereocenters. The molecule has 2 aromatic rings. The summed E-state index contributed by atoms with van der Waals surface area (Å²) in [5.74, 6) is -2.46. The van der Waals surface area contributed by atoms with Gasteiger partial charge in [-0.3, -0.25) is 9.59 Å². The first-order valence-corrected chi connectivity index (χ1v) is 9.89. The Labute approximate surface area is 164 Å². The second-order valence-electron chi connectivity index (χ2n) is 7.85. The van der Waals surface area contributed by atoms with Crippen LogP contribution in [0.4, 0.5) is 0 Å². The molecule has 2 aliphatic rings. The van der Waals surface area contributed by atoms with E-state index in [1.165, 1.54) is 0 Å². The van der Waals surface area contributed by atoms with Gasteiger partial charge in [0, 0.05) is 5.92 Å². The van der Waals surface area contributed by atoms with Gasteiger partial charge in [-0.1, -0.05) is 67.8 Å². The van der Waals surface area contributed by atoms with Gasteiger partial charge < -0.3 is 15.6 Å². The Kier molecular flexibility index (Phi) is 4.94. The van der Waals surface area contributed by atoms with E-state index in [-0.39, 0.29) is 12.5 Å². The SMILES string of the molecule is NC1(C(=O)O)CCCCCC1C(=O)OCC1c2ccccc2-c2ccccc21. The number of ether oxygens (including phenoxy) is 1. The van der Waals surface area contributed by atoms with Crippen molar-refractivity contribution in [1.82, 2.24) is 0 Å². The highest BCUT2D eigenvalue weighted by Crippen LogP contribution is 2.44. The topological polar surface area (TPSA) is 89.6 Å². The Balaban J connectivity index is 1.56. The molecule has 146 valence electrons. The van der Waals surface area contributed by atoms with Gasteiger partial charge in [0.2, 0.25) is 0 Å². The summed E-state index contributed by atoms with van der Waals surface area (Å²) in [6.45, 7) is 0.194. The van der Waals surface area contributed by atoms with Crippen LogP contribution in [-0.2, 0) is 14.3 Å².